The van der Waals surface area contributed by atoms with Crippen molar-refractivity contribution < 1.29 is 12.8 Å². The summed E-state index contributed by atoms with van der Waals surface area (Å²) in [4.78, 5) is 0.350. The highest BCUT2D eigenvalue weighted by Crippen LogP contribution is 2.29. The molecule has 0 radical (unpaired) electrons. The van der Waals surface area contributed by atoms with Crippen molar-refractivity contribution in [1.82, 2.24) is 9.62 Å². The van der Waals surface area contributed by atoms with E-state index in [9.17, 15) is 8.42 Å². The molecular formula is C15H28N2O3S. The van der Waals surface area contributed by atoms with Gasteiger partial charge in [0.15, 0.2) is 0 Å². The van der Waals surface area contributed by atoms with Crippen molar-refractivity contribution in [1.29, 1.82) is 0 Å². The Morgan fingerprint density at radius 3 is 2.10 bits per heavy atom. The van der Waals surface area contributed by atoms with Crippen molar-refractivity contribution in [3.05, 3.63) is 17.1 Å². The molecule has 0 atom stereocenters. The summed E-state index contributed by atoms with van der Waals surface area (Å²) in [6, 6.07) is 0. The minimum Gasteiger partial charge on any atom is -0.465 e. The number of rotatable bonds is 9. The predicted molar refractivity (Wildman–Crippen MR) is 84.9 cm³/mol. The van der Waals surface area contributed by atoms with Gasteiger partial charge in [-0.05, 0) is 33.2 Å². The van der Waals surface area contributed by atoms with Gasteiger partial charge in [0.05, 0.1) is 0 Å². The molecule has 0 spiro atoms. The standard InChI is InChI=1S/C15H28N2O3S/c1-6-9-17(10-7-2)21(18,19)15-13(5)20-12(4)14(15)11-16-8-3/h16H,6-11H2,1-5H3. The molecule has 0 aliphatic rings. The van der Waals surface area contributed by atoms with E-state index in [0.29, 0.717) is 36.1 Å². The quantitative estimate of drug-likeness (QED) is 0.761. The number of nitrogens with one attached hydrogen (secondary N) is 1. The Hall–Kier alpha value is -0.850. The predicted octanol–water partition coefficient (Wildman–Crippen LogP) is 2.82. The topological polar surface area (TPSA) is 62.6 Å². The van der Waals surface area contributed by atoms with E-state index in [2.05, 4.69) is 5.32 Å². The van der Waals surface area contributed by atoms with Crippen LogP contribution in [0.1, 0.15) is 50.7 Å². The fraction of sp³-hybridized carbons (Fsp3) is 0.733. The molecule has 0 aliphatic carbocycles. The van der Waals surface area contributed by atoms with Gasteiger partial charge in [-0.25, -0.2) is 8.42 Å². The van der Waals surface area contributed by atoms with Gasteiger partial charge in [0.2, 0.25) is 10.0 Å². The lowest BCUT2D eigenvalue weighted by molar-refractivity contribution is 0.407. The summed E-state index contributed by atoms with van der Waals surface area (Å²) in [7, 11) is -3.50. The van der Waals surface area contributed by atoms with Gasteiger partial charge in [-0.15, -0.1) is 0 Å². The first kappa shape index (κ1) is 18.2. The first-order valence-corrected chi connectivity index (χ1v) is 9.13. The van der Waals surface area contributed by atoms with Gasteiger partial charge in [-0.3, -0.25) is 0 Å². The zero-order chi connectivity index (χ0) is 16.0. The summed E-state index contributed by atoms with van der Waals surface area (Å²) in [6.07, 6.45) is 1.61. The third kappa shape index (κ3) is 4.08. The van der Waals surface area contributed by atoms with Gasteiger partial charge in [-0.1, -0.05) is 20.8 Å². The summed E-state index contributed by atoms with van der Waals surface area (Å²) in [5.41, 5.74) is 0.756. The lowest BCUT2D eigenvalue weighted by Gasteiger charge is -2.21. The van der Waals surface area contributed by atoms with E-state index in [4.69, 9.17) is 4.42 Å². The molecule has 6 heteroatoms. The highest BCUT2D eigenvalue weighted by molar-refractivity contribution is 7.89. The van der Waals surface area contributed by atoms with Crippen LogP contribution in [0, 0.1) is 13.8 Å². The van der Waals surface area contributed by atoms with Gasteiger partial charge in [-0.2, -0.15) is 4.31 Å². The maximum atomic E-state index is 13.0. The summed E-state index contributed by atoms with van der Waals surface area (Å²) >= 11 is 0. The first-order chi connectivity index (χ1) is 9.89. The maximum Gasteiger partial charge on any atom is 0.246 e. The minimum atomic E-state index is -3.50. The minimum absolute atomic E-state index is 0.350. The van der Waals surface area contributed by atoms with Gasteiger partial charge >= 0.3 is 0 Å². The highest BCUT2D eigenvalue weighted by atomic mass is 32.2. The monoisotopic (exact) mass is 316 g/mol. The summed E-state index contributed by atoms with van der Waals surface area (Å²) in [5, 5.41) is 3.19. The van der Waals surface area contributed by atoms with Crippen molar-refractivity contribution in [2.24, 2.45) is 0 Å². The van der Waals surface area contributed by atoms with Crippen LogP contribution in [0.3, 0.4) is 0 Å². The molecule has 1 aromatic heterocycles. The number of nitrogens with zero attached hydrogens (tertiary/aromatic N) is 1. The number of hydrogen-bond acceptors (Lipinski definition) is 4. The van der Waals surface area contributed by atoms with Gasteiger partial charge < -0.3 is 9.73 Å². The van der Waals surface area contributed by atoms with Crippen LogP contribution in [0.5, 0.6) is 0 Å². The molecule has 0 unspecified atom stereocenters. The fourth-order valence-electron chi connectivity index (χ4n) is 2.48. The summed E-state index contributed by atoms with van der Waals surface area (Å²) < 4.78 is 33.1. The maximum absolute atomic E-state index is 13.0. The molecule has 0 aromatic carbocycles. The highest BCUT2D eigenvalue weighted by Gasteiger charge is 2.31. The zero-order valence-corrected chi connectivity index (χ0v) is 14.6. The van der Waals surface area contributed by atoms with E-state index < -0.39 is 10.0 Å². The molecule has 21 heavy (non-hydrogen) atoms. The Bertz CT molecular complexity index is 544. The Labute approximate surface area is 128 Å². The molecular weight excluding hydrogens is 288 g/mol. The van der Waals surface area contributed by atoms with E-state index in [1.54, 1.807) is 11.2 Å². The molecule has 0 amide bonds. The Morgan fingerprint density at radius 2 is 1.62 bits per heavy atom. The van der Waals surface area contributed by atoms with Crippen LogP contribution >= 0.6 is 0 Å². The lowest BCUT2D eigenvalue weighted by Crippen LogP contribution is -2.33. The third-order valence-electron chi connectivity index (χ3n) is 3.42. The smallest absolute Gasteiger partial charge is 0.246 e. The second kappa shape index (κ2) is 7.96. The summed E-state index contributed by atoms with van der Waals surface area (Å²) in [6.45, 7) is 11.9. The van der Waals surface area contributed by atoms with E-state index in [1.807, 2.05) is 27.7 Å². The van der Waals surface area contributed by atoms with Crippen LogP contribution in [0.2, 0.25) is 0 Å². The molecule has 0 bridgehead atoms. The number of aryl methyl sites for hydroxylation is 2. The number of sulfonamides is 1. The molecule has 0 saturated carbocycles. The molecule has 0 aliphatic heterocycles. The molecule has 1 rings (SSSR count). The zero-order valence-electron chi connectivity index (χ0n) is 13.8. The van der Waals surface area contributed by atoms with E-state index in [0.717, 1.165) is 24.9 Å². The van der Waals surface area contributed by atoms with E-state index in [1.165, 1.54) is 0 Å². The van der Waals surface area contributed by atoms with Crippen molar-refractivity contribution >= 4 is 10.0 Å². The van der Waals surface area contributed by atoms with Crippen LogP contribution in [0.4, 0.5) is 0 Å². The molecule has 5 nitrogen and oxygen atoms in total. The number of furan rings is 1. The Balaban J connectivity index is 3.28. The van der Waals surface area contributed by atoms with Crippen LogP contribution in [0.15, 0.2) is 9.31 Å². The van der Waals surface area contributed by atoms with Crippen LogP contribution in [-0.2, 0) is 16.6 Å². The van der Waals surface area contributed by atoms with Gasteiger partial charge in [0.1, 0.15) is 16.4 Å². The third-order valence-corrected chi connectivity index (χ3v) is 5.52. The van der Waals surface area contributed by atoms with Gasteiger partial charge in [0.25, 0.3) is 0 Å². The van der Waals surface area contributed by atoms with E-state index >= 15 is 0 Å². The SMILES string of the molecule is CCCN(CCC)S(=O)(=O)c1c(C)oc(C)c1CNCC. The van der Waals surface area contributed by atoms with Crippen molar-refractivity contribution in [2.75, 3.05) is 19.6 Å². The second-order valence-corrected chi connectivity index (χ2v) is 7.08. The second-order valence-electron chi connectivity index (χ2n) is 5.21. The normalized spacial score (nSPS) is 12.3. The molecule has 122 valence electrons. The molecule has 0 saturated heterocycles. The van der Waals surface area contributed by atoms with Crippen molar-refractivity contribution in [2.45, 2.75) is 58.9 Å². The first-order valence-electron chi connectivity index (χ1n) is 7.69. The number of hydrogen-bond donors (Lipinski definition) is 1. The van der Waals surface area contributed by atoms with Gasteiger partial charge in [0, 0.05) is 25.2 Å². The molecule has 1 aromatic rings. The Kier molecular flexibility index (Phi) is 6.90. The lowest BCUT2D eigenvalue weighted by atomic mass is 10.2. The summed E-state index contributed by atoms with van der Waals surface area (Å²) in [5.74, 6) is 1.16. The van der Waals surface area contributed by atoms with Crippen molar-refractivity contribution in [3.8, 4) is 0 Å². The van der Waals surface area contributed by atoms with Crippen LogP contribution in [-0.4, -0.2) is 32.4 Å². The Morgan fingerprint density at radius 1 is 1.05 bits per heavy atom. The average Bonchev–Trinajstić information content (AvgIpc) is 2.70. The largest absolute Gasteiger partial charge is 0.465 e. The van der Waals surface area contributed by atoms with E-state index in [-0.39, 0.29) is 0 Å². The van der Waals surface area contributed by atoms with Crippen LogP contribution < -0.4 is 5.32 Å². The molecule has 0 fully saturated rings. The van der Waals surface area contributed by atoms with Crippen molar-refractivity contribution in [3.63, 3.8) is 0 Å². The molecule has 1 N–H and O–H groups in total. The van der Waals surface area contributed by atoms with Crippen LogP contribution in [0.25, 0.3) is 0 Å². The average molecular weight is 316 g/mol. The molecule has 1 heterocycles. The fourth-order valence-corrected chi connectivity index (χ4v) is 4.52.